The van der Waals surface area contributed by atoms with E-state index in [-0.39, 0.29) is 17.4 Å². The Bertz CT molecular complexity index is 833. The molecule has 0 amide bonds. The van der Waals surface area contributed by atoms with E-state index in [1.165, 1.54) is 12.6 Å². The maximum Gasteiger partial charge on any atom is 0.215 e. The van der Waals surface area contributed by atoms with Gasteiger partial charge in [0, 0.05) is 18.2 Å². The van der Waals surface area contributed by atoms with Crippen molar-refractivity contribution in [3.63, 3.8) is 0 Å². The fourth-order valence-corrected chi connectivity index (χ4v) is 2.04. The van der Waals surface area contributed by atoms with Gasteiger partial charge in [-0.3, -0.25) is 9.89 Å². The Morgan fingerprint density at radius 3 is 2.83 bits per heavy atom. The number of nitrogens with one attached hydrogen (secondary N) is 1. The van der Waals surface area contributed by atoms with Gasteiger partial charge in [0.25, 0.3) is 0 Å². The fraction of sp³-hybridized carbons (Fsp3) is 0.0625. The molecule has 23 heavy (non-hydrogen) atoms. The van der Waals surface area contributed by atoms with Crippen molar-refractivity contribution in [3.05, 3.63) is 71.7 Å². The molecule has 3 rings (SSSR count). The molecule has 116 valence electrons. The van der Waals surface area contributed by atoms with Crippen LogP contribution in [0.25, 0.3) is 5.76 Å². The number of hydrogen-bond acceptors (Lipinski definition) is 6. The third-order valence-electron chi connectivity index (χ3n) is 3.21. The van der Waals surface area contributed by atoms with E-state index in [1.807, 2.05) is 24.3 Å². The third kappa shape index (κ3) is 3.46. The van der Waals surface area contributed by atoms with E-state index in [9.17, 15) is 9.90 Å². The van der Waals surface area contributed by atoms with Crippen LogP contribution in [0.4, 0.5) is 5.69 Å². The number of carbonyl (C=O) groups excluding carboxylic acids is 1. The number of aliphatic hydroxyl groups excluding tert-OH is 1. The molecule has 0 bridgehead atoms. The van der Waals surface area contributed by atoms with E-state index in [0.717, 1.165) is 11.6 Å². The molecule has 0 atom stereocenters. The molecular weight excluding hydrogens is 296 g/mol. The number of H-pyrrole nitrogens is 1. The summed E-state index contributed by atoms with van der Waals surface area (Å²) < 4.78 is 5.39. The van der Waals surface area contributed by atoms with Crippen LogP contribution in [0.15, 0.2) is 53.4 Å². The maximum absolute atomic E-state index is 12.1. The summed E-state index contributed by atoms with van der Waals surface area (Å²) in [7, 11) is 0. The van der Waals surface area contributed by atoms with E-state index >= 15 is 0 Å². The topological polar surface area (TPSA) is 118 Å². The van der Waals surface area contributed by atoms with Gasteiger partial charge in [0.2, 0.25) is 5.82 Å². The van der Waals surface area contributed by atoms with Crippen LogP contribution in [0.5, 0.6) is 0 Å². The van der Waals surface area contributed by atoms with E-state index < -0.39 is 0 Å². The zero-order valence-electron chi connectivity index (χ0n) is 12.1. The molecule has 0 spiro atoms. The number of aromatic amines is 1. The first-order valence-electron chi connectivity index (χ1n) is 6.85. The number of ketones is 1. The summed E-state index contributed by atoms with van der Waals surface area (Å²) in [5, 5.41) is 15.9. The number of aromatic nitrogens is 3. The summed E-state index contributed by atoms with van der Waals surface area (Å²) in [6.07, 6.45) is 4.27. The van der Waals surface area contributed by atoms with Crippen molar-refractivity contribution in [2.45, 2.75) is 6.42 Å². The molecule has 0 aliphatic rings. The van der Waals surface area contributed by atoms with Gasteiger partial charge >= 0.3 is 0 Å². The van der Waals surface area contributed by atoms with Crippen molar-refractivity contribution in [1.29, 1.82) is 0 Å². The van der Waals surface area contributed by atoms with Gasteiger partial charge in [-0.05, 0) is 23.8 Å². The molecule has 3 aromatic rings. The molecule has 1 aromatic carbocycles. The number of nitrogen functional groups attached to an aromatic ring is 1. The molecule has 0 fully saturated rings. The number of carbonyl (C=O) groups is 1. The van der Waals surface area contributed by atoms with Gasteiger partial charge in [-0.25, -0.2) is 4.98 Å². The lowest BCUT2D eigenvalue weighted by atomic mass is 10.1. The Labute approximate surface area is 131 Å². The SMILES string of the molecule is Nc1ccc(Cc2cc(C(=O)C=C(O)c3nc[nH]n3)co2)cc1. The summed E-state index contributed by atoms with van der Waals surface area (Å²) in [5.74, 6) is 0.00462. The Kier molecular flexibility index (Phi) is 3.92. The number of nitrogens with two attached hydrogens (primary N) is 1. The highest BCUT2D eigenvalue weighted by molar-refractivity contribution is 6.07. The van der Waals surface area contributed by atoms with Crippen LogP contribution in [0.1, 0.15) is 27.5 Å². The van der Waals surface area contributed by atoms with Gasteiger partial charge in [0.1, 0.15) is 18.4 Å². The zero-order chi connectivity index (χ0) is 16.2. The molecular formula is C16H14N4O3. The maximum atomic E-state index is 12.1. The summed E-state index contributed by atoms with van der Waals surface area (Å²) in [6.45, 7) is 0. The molecule has 7 heteroatoms. The van der Waals surface area contributed by atoms with Gasteiger partial charge in [-0.2, -0.15) is 5.10 Å². The molecule has 0 radical (unpaired) electrons. The van der Waals surface area contributed by atoms with Crippen molar-refractivity contribution < 1.29 is 14.3 Å². The van der Waals surface area contributed by atoms with Gasteiger partial charge in [-0.1, -0.05) is 12.1 Å². The number of anilines is 1. The van der Waals surface area contributed by atoms with Gasteiger partial charge in [0.15, 0.2) is 11.5 Å². The number of nitrogens with zero attached hydrogens (tertiary/aromatic N) is 2. The van der Waals surface area contributed by atoms with Gasteiger partial charge in [0.05, 0.1) is 5.56 Å². The summed E-state index contributed by atoms with van der Waals surface area (Å²) >= 11 is 0. The van der Waals surface area contributed by atoms with Crippen LogP contribution < -0.4 is 5.73 Å². The molecule has 0 unspecified atom stereocenters. The van der Waals surface area contributed by atoms with E-state index in [4.69, 9.17) is 10.2 Å². The van der Waals surface area contributed by atoms with Crippen molar-refractivity contribution in [3.8, 4) is 0 Å². The largest absolute Gasteiger partial charge is 0.504 e. The smallest absolute Gasteiger partial charge is 0.215 e. The lowest BCUT2D eigenvalue weighted by molar-refractivity contribution is 0.104. The molecule has 2 heterocycles. The summed E-state index contributed by atoms with van der Waals surface area (Å²) in [4.78, 5) is 15.8. The number of rotatable bonds is 5. The first-order valence-corrected chi connectivity index (χ1v) is 6.85. The molecule has 0 saturated heterocycles. The van der Waals surface area contributed by atoms with Crippen LogP contribution in [0.3, 0.4) is 0 Å². The summed E-state index contributed by atoms with van der Waals surface area (Å²) in [6, 6.07) is 9.05. The monoisotopic (exact) mass is 310 g/mol. The number of furan rings is 1. The Morgan fingerprint density at radius 1 is 1.35 bits per heavy atom. The predicted octanol–water partition coefficient (Wildman–Crippen LogP) is 2.35. The molecule has 0 saturated carbocycles. The lowest BCUT2D eigenvalue weighted by Gasteiger charge is -1.98. The fourth-order valence-electron chi connectivity index (χ4n) is 2.04. The van der Waals surface area contributed by atoms with Crippen molar-refractivity contribution in [2.75, 3.05) is 5.73 Å². The molecule has 0 aliphatic heterocycles. The molecule has 0 aliphatic carbocycles. The lowest BCUT2D eigenvalue weighted by Crippen LogP contribution is -1.96. The normalized spacial score (nSPS) is 11.6. The van der Waals surface area contributed by atoms with Crippen molar-refractivity contribution in [2.24, 2.45) is 0 Å². The van der Waals surface area contributed by atoms with E-state index in [0.29, 0.717) is 23.4 Å². The standard InChI is InChI=1S/C16H14N4O3/c17-12-3-1-10(2-4-12)5-13-6-11(8-23-13)14(21)7-15(22)16-18-9-19-20-16/h1-4,6-9,22H,5,17H2,(H,18,19,20). The van der Waals surface area contributed by atoms with E-state index in [1.54, 1.807) is 6.07 Å². The molecule has 2 aromatic heterocycles. The van der Waals surface area contributed by atoms with Crippen LogP contribution in [-0.2, 0) is 6.42 Å². The van der Waals surface area contributed by atoms with Crippen molar-refractivity contribution in [1.82, 2.24) is 15.2 Å². The molecule has 7 nitrogen and oxygen atoms in total. The first-order chi connectivity index (χ1) is 11.1. The second-order valence-electron chi connectivity index (χ2n) is 4.94. The average molecular weight is 310 g/mol. The zero-order valence-corrected chi connectivity index (χ0v) is 12.1. The minimum atomic E-state index is -0.389. The number of benzene rings is 1. The minimum absolute atomic E-state index is 0.0592. The second kappa shape index (κ2) is 6.18. The third-order valence-corrected chi connectivity index (χ3v) is 3.21. The molecule has 4 N–H and O–H groups in total. The first kappa shape index (κ1) is 14.6. The van der Waals surface area contributed by atoms with Crippen LogP contribution in [-0.4, -0.2) is 26.1 Å². The van der Waals surface area contributed by atoms with Crippen LogP contribution in [0, 0.1) is 0 Å². The highest BCUT2D eigenvalue weighted by atomic mass is 16.3. The quantitative estimate of drug-likeness (QED) is 0.288. The number of aliphatic hydroxyl groups is 1. The average Bonchev–Trinajstić information content (AvgIpc) is 3.21. The van der Waals surface area contributed by atoms with Gasteiger partial charge < -0.3 is 15.3 Å². The Balaban J connectivity index is 1.72. The number of allylic oxidation sites excluding steroid dienone is 1. The Morgan fingerprint density at radius 2 is 2.13 bits per heavy atom. The highest BCUT2D eigenvalue weighted by Crippen LogP contribution is 2.16. The van der Waals surface area contributed by atoms with Crippen LogP contribution >= 0.6 is 0 Å². The summed E-state index contributed by atoms with van der Waals surface area (Å²) in [5.41, 5.74) is 7.70. The van der Waals surface area contributed by atoms with Crippen molar-refractivity contribution >= 4 is 17.2 Å². The Hall–Kier alpha value is -3.35. The minimum Gasteiger partial charge on any atom is -0.504 e. The highest BCUT2D eigenvalue weighted by Gasteiger charge is 2.12. The van der Waals surface area contributed by atoms with Crippen LogP contribution in [0.2, 0.25) is 0 Å². The predicted molar refractivity (Wildman–Crippen MR) is 83.7 cm³/mol. The number of hydrogen-bond donors (Lipinski definition) is 3. The van der Waals surface area contributed by atoms with E-state index in [2.05, 4.69) is 15.2 Å². The second-order valence-corrected chi connectivity index (χ2v) is 4.94. The van der Waals surface area contributed by atoms with Gasteiger partial charge in [-0.15, -0.1) is 0 Å².